The van der Waals surface area contributed by atoms with Crippen LogP contribution in [-0.2, 0) is 0 Å². The number of rotatable bonds is 4. The SMILES string of the molecule is CCNc1cncc(Oc2ccc(F)cc2Br)n1. The minimum absolute atomic E-state index is 0.332. The lowest BCUT2D eigenvalue weighted by atomic mass is 10.3. The fourth-order valence-corrected chi connectivity index (χ4v) is 1.77. The van der Waals surface area contributed by atoms with Gasteiger partial charge in [0, 0.05) is 6.54 Å². The normalized spacial score (nSPS) is 10.2. The van der Waals surface area contributed by atoms with E-state index in [9.17, 15) is 4.39 Å². The van der Waals surface area contributed by atoms with Crippen molar-refractivity contribution in [1.82, 2.24) is 9.97 Å². The molecule has 2 rings (SSSR count). The summed E-state index contributed by atoms with van der Waals surface area (Å²) in [6, 6.07) is 4.18. The highest BCUT2D eigenvalue weighted by molar-refractivity contribution is 9.10. The van der Waals surface area contributed by atoms with E-state index >= 15 is 0 Å². The van der Waals surface area contributed by atoms with Crippen LogP contribution in [0.25, 0.3) is 0 Å². The first-order valence-corrected chi connectivity index (χ1v) is 6.17. The number of hydrogen-bond acceptors (Lipinski definition) is 4. The van der Waals surface area contributed by atoms with E-state index in [1.54, 1.807) is 6.20 Å². The number of ether oxygens (including phenoxy) is 1. The van der Waals surface area contributed by atoms with Crippen LogP contribution in [0.15, 0.2) is 35.1 Å². The number of nitrogens with zero attached hydrogens (tertiary/aromatic N) is 2. The molecule has 1 heterocycles. The van der Waals surface area contributed by atoms with Crippen LogP contribution in [0.5, 0.6) is 11.6 Å². The second kappa shape index (κ2) is 5.77. The molecule has 1 N–H and O–H groups in total. The number of anilines is 1. The molecule has 1 aromatic heterocycles. The summed E-state index contributed by atoms with van der Waals surface area (Å²) in [4.78, 5) is 8.22. The Morgan fingerprint density at radius 2 is 2.22 bits per heavy atom. The van der Waals surface area contributed by atoms with E-state index in [1.165, 1.54) is 24.4 Å². The van der Waals surface area contributed by atoms with Crippen molar-refractivity contribution in [2.45, 2.75) is 6.92 Å². The lowest BCUT2D eigenvalue weighted by Gasteiger charge is -2.08. The number of benzene rings is 1. The molecule has 0 spiro atoms. The van der Waals surface area contributed by atoms with Crippen molar-refractivity contribution in [1.29, 1.82) is 0 Å². The Balaban J connectivity index is 2.20. The maximum Gasteiger partial charge on any atom is 0.239 e. The molecule has 0 aliphatic heterocycles. The lowest BCUT2D eigenvalue weighted by Crippen LogP contribution is -2.00. The van der Waals surface area contributed by atoms with Crippen LogP contribution in [0, 0.1) is 5.82 Å². The van der Waals surface area contributed by atoms with Gasteiger partial charge in [0.05, 0.1) is 16.9 Å². The maximum atomic E-state index is 12.9. The molecule has 0 bridgehead atoms. The third-order valence-corrected chi connectivity index (χ3v) is 2.70. The van der Waals surface area contributed by atoms with E-state index < -0.39 is 0 Å². The van der Waals surface area contributed by atoms with Gasteiger partial charge in [0.1, 0.15) is 17.4 Å². The molecular formula is C12H11BrFN3O. The van der Waals surface area contributed by atoms with Crippen molar-refractivity contribution in [2.75, 3.05) is 11.9 Å². The highest BCUT2D eigenvalue weighted by Crippen LogP contribution is 2.29. The molecule has 0 amide bonds. The van der Waals surface area contributed by atoms with Crippen molar-refractivity contribution >= 4 is 21.7 Å². The van der Waals surface area contributed by atoms with Crippen molar-refractivity contribution in [2.24, 2.45) is 0 Å². The third-order valence-electron chi connectivity index (χ3n) is 2.08. The Bertz CT molecular complexity index is 551. The lowest BCUT2D eigenvalue weighted by molar-refractivity contribution is 0.456. The first-order chi connectivity index (χ1) is 8.69. The Morgan fingerprint density at radius 3 is 2.94 bits per heavy atom. The molecular weight excluding hydrogens is 301 g/mol. The zero-order valence-electron chi connectivity index (χ0n) is 9.65. The fourth-order valence-electron chi connectivity index (χ4n) is 1.33. The van der Waals surface area contributed by atoms with E-state index in [1.807, 2.05) is 6.92 Å². The summed E-state index contributed by atoms with van der Waals surface area (Å²) in [6.45, 7) is 2.71. The Kier molecular flexibility index (Phi) is 4.09. The van der Waals surface area contributed by atoms with Crippen LogP contribution in [0.2, 0.25) is 0 Å². The predicted molar refractivity (Wildman–Crippen MR) is 70.4 cm³/mol. The summed E-state index contributed by atoms with van der Waals surface area (Å²) in [5.41, 5.74) is 0. The molecule has 6 heteroatoms. The number of aromatic nitrogens is 2. The van der Waals surface area contributed by atoms with Gasteiger partial charge in [-0.3, -0.25) is 4.98 Å². The van der Waals surface area contributed by atoms with Crippen LogP contribution in [0.3, 0.4) is 0 Å². The summed E-state index contributed by atoms with van der Waals surface area (Å²) < 4.78 is 19.0. The van der Waals surface area contributed by atoms with Crippen LogP contribution in [0.4, 0.5) is 10.2 Å². The molecule has 0 aliphatic rings. The van der Waals surface area contributed by atoms with E-state index in [0.29, 0.717) is 21.9 Å². The number of nitrogens with one attached hydrogen (secondary N) is 1. The first kappa shape index (κ1) is 12.8. The van der Waals surface area contributed by atoms with Crippen LogP contribution in [-0.4, -0.2) is 16.5 Å². The zero-order chi connectivity index (χ0) is 13.0. The summed E-state index contributed by atoms with van der Waals surface area (Å²) in [6.07, 6.45) is 3.10. The summed E-state index contributed by atoms with van der Waals surface area (Å²) >= 11 is 3.23. The van der Waals surface area contributed by atoms with Gasteiger partial charge in [0.15, 0.2) is 0 Å². The summed E-state index contributed by atoms with van der Waals surface area (Å²) in [7, 11) is 0. The van der Waals surface area contributed by atoms with Crippen LogP contribution >= 0.6 is 15.9 Å². The van der Waals surface area contributed by atoms with Crippen molar-refractivity contribution in [3.05, 3.63) is 40.9 Å². The van der Waals surface area contributed by atoms with Crippen molar-refractivity contribution in [3.63, 3.8) is 0 Å². The molecule has 0 fully saturated rings. The van der Waals surface area contributed by atoms with E-state index in [0.717, 1.165) is 6.54 Å². The smallest absolute Gasteiger partial charge is 0.239 e. The topological polar surface area (TPSA) is 47.0 Å². The van der Waals surface area contributed by atoms with Gasteiger partial charge in [0.25, 0.3) is 0 Å². The Labute approximate surface area is 112 Å². The van der Waals surface area contributed by atoms with Gasteiger partial charge in [0.2, 0.25) is 5.88 Å². The molecule has 0 unspecified atom stereocenters. The predicted octanol–water partition coefficient (Wildman–Crippen LogP) is 3.60. The molecule has 4 nitrogen and oxygen atoms in total. The average molecular weight is 312 g/mol. The number of halogens is 2. The molecule has 18 heavy (non-hydrogen) atoms. The minimum atomic E-state index is -0.332. The van der Waals surface area contributed by atoms with Crippen molar-refractivity contribution < 1.29 is 9.13 Å². The minimum Gasteiger partial charge on any atom is -0.436 e. The zero-order valence-corrected chi connectivity index (χ0v) is 11.2. The quantitative estimate of drug-likeness (QED) is 0.937. The Morgan fingerprint density at radius 1 is 1.39 bits per heavy atom. The van der Waals surface area contributed by atoms with Gasteiger partial charge in [-0.2, -0.15) is 4.98 Å². The van der Waals surface area contributed by atoms with Gasteiger partial charge >= 0.3 is 0 Å². The van der Waals surface area contributed by atoms with Gasteiger partial charge in [-0.1, -0.05) is 0 Å². The molecule has 0 saturated heterocycles. The summed E-state index contributed by atoms with van der Waals surface area (Å²) in [5, 5.41) is 3.03. The second-order valence-electron chi connectivity index (χ2n) is 3.45. The standard InChI is InChI=1S/C12H11BrFN3O/c1-2-16-11-6-15-7-12(17-11)18-10-4-3-8(14)5-9(10)13/h3-7H,2H2,1H3,(H,16,17). The molecule has 1 aromatic carbocycles. The number of hydrogen-bond donors (Lipinski definition) is 1. The van der Waals surface area contributed by atoms with Gasteiger partial charge in [-0.15, -0.1) is 0 Å². The monoisotopic (exact) mass is 311 g/mol. The van der Waals surface area contributed by atoms with Gasteiger partial charge < -0.3 is 10.1 Å². The van der Waals surface area contributed by atoms with E-state index in [-0.39, 0.29) is 5.82 Å². The first-order valence-electron chi connectivity index (χ1n) is 5.38. The molecule has 0 atom stereocenters. The molecule has 2 aromatic rings. The van der Waals surface area contributed by atoms with E-state index in [2.05, 4.69) is 31.2 Å². The molecule has 94 valence electrons. The highest BCUT2D eigenvalue weighted by Gasteiger charge is 2.06. The molecule has 0 radical (unpaired) electrons. The summed E-state index contributed by atoms with van der Waals surface area (Å²) in [5.74, 6) is 1.13. The fraction of sp³-hybridized carbons (Fsp3) is 0.167. The largest absolute Gasteiger partial charge is 0.436 e. The van der Waals surface area contributed by atoms with E-state index in [4.69, 9.17) is 4.74 Å². The highest BCUT2D eigenvalue weighted by atomic mass is 79.9. The van der Waals surface area contributed by atoms with Gasteiger partial charge in [-0.05, 0) is 41.1 Å². The van der Waals surface area contributed by atoms with Crippen LogP contribution < -0.4 is 10.1 Å². The third kappa shape index (κ3) is 3.16. The van der Waals surface area contributed by atoms with Crippen LogP contribution in [0.1, 0.15) is 6.92 Å². The second-order valence-corrected chi connectivity index (χ2v) is 4.30. The maximum absolute atomic E-state index is 12.9. The molecule has 0 saturated carbocycles. The molecule has 0 aliphatic carbocycles. The average Bonchev–Trinajstić information content (AvgIpc) is 2.34. The van der Waals surface area contributed by atoms with Gasteiger partial charge in [-0.25, -0.2) is 4.39 Å². The Hall–Kier alpha value is -1.69. The van der Waals surface area contributed by atoms with Crippen molar-refractivity contribution in [3.8, 4) is 11.6 Å².